The first kappa shape index (κ1) is 74.6. The van der Waals surface area contributed by atoms with Gasteiger partial charge in [0.1, 0.15) is 48.8 Å². The van der Waals surface area contributed by atoms with E-state index >= 15 is 0 Å². The third-order valence-corrected chi connectivity index (χ3v) is 16.6. The SMILES string of the molecule is CCCCCCC/C=C/CC/C=C/C(O)C(COC1OC(CO)C(OC2OC(CO)C(O)C(O)C2O)C(O)C1O)NC(=O)CCCCCCCCCCCCCCCCCCCCCCCCCCCCCCCCCCCCC. The van der Waals surface area contributed by atoms with Crippen LogP contribution < -0.4 is 5.32 Å². The molecule has 14 nitrogen and oxygen atoms in total. The van der Waals surface area contributed by atoms with E-state index in [-0.39, 0.29) is 18.9 Å². The number of unbranched alkanes of at least 4 members (excludes halogenated alkanes) is 40. The molecule has 12 atom stereocenters. The van der Waals surface area contributed by atoms with Crippen LogP contribution in [0, 0.1) is 0 Å². The number of ether oxygens (including phenoxy) is 4. The van der Waals surface area contributed by atoms with E-state index < -0.39 is 86.8 Å². The zero-order valence-corrected chi connectivity index (χ0v) is 51.1. The largest absolute Gasteiger partial charge is 0.394 e. The van der Waals surface area contributed by atoms with Crippen molar-refractivity contribution in [3.8, 4) is 0 Å². The van der Waals surface area contributed by atoms with Crippen LogP contribution in [-0.4, -0.2) is 140 Å². The van der Waals surface area contributed by atoms with Gasteiger partial charge in [-0.1, -0.05) is 282 Å². The summed E-state index contributed by atoms with van der Waals surface area (Å²) in [6.07, 6.45) is 47.1. The first-order chi connectivity index (χ1) is 39.1. The lowest BCUT2D eigenvalue weighted by Crippen LogP contribution is -2.65. The second-order valence-corrected chi connectivity index (χ2v) is 24.0. The van der Waals surface area contributed by atoms with Crippen molar-refractivity contribution in [2.24, 2.45) is 0 Å². The molecule has 0 aromatic heterocycles. The van der Waals surface area contributed by atoms with E-state index in [1.54, 1.807) is 6.08 Å². The van der Waals surface area contributed by atoms with Crippen molar-refractivity contribution in [2.75, 3.05) is 19.8 Å². The van der Waals surface area contributed by atoms with Crippen LogP contribution >= 0.6 is 0 Å². The molecule has 0 aromatic carbocycles. The van der Waals surface area contributed by atoms with E-state index in [2.05, 4.69) is 31.3 Å². The second-order valence-electron chi connectivity index (χ2n) is 24.0. The first-order valence-corrected chi connectivity index (χ1v) is 33.6. The van der Waals surface area contributed by atoms with Crippen LogP contribution in [0.15, 0.2) is 24.3 Å². The summed E-state index contributed by atoms with van der Waals surface area (Å²) >= 11 is 0. The van der Waals surface area contributed by atoms with Gasteiger partial charge in [-0.15, -0.1) is 0 Å². The standard InChI is InChI=1S/C66H125NO13/c1-3-5-7-9-11-13-15-16-17-18-19-20-21-22-23-24-25-26-27-28-29-30-31-32-33-34-35-36-37-38-40-42-44-46-48-50-58(71)67-54(55(70)49-47-45-43-41-39-14-12-10-8-6-4-2)53-77-65-63(76)61(74)64(57(52-69)79-65)80-66-62(75)60(73)59(72)56(51-68)78-66/h39,41,47,49,54-57,59-66,68-70,72-76H,3-38,40,42-46,48,50-53H2,1-2H3,(H,67,71)/b41-39+,49-47+. The van der Waals surface area contributed by atoms with Crippen LogP contribution in [-0.2, 0) is 23.7 Å². The summed E-state index contributed by atoms with van der Waals surface area (Å²) in [5.41, 5.74) is 0. The normalized spacial score (nSPS) is 24.3. The average Bonchev–Trinajstić information content (AvgIpc) is 3.46. The molecule has 14 heteroatoms. The van der Waals surface area contributed by atoms with Gasteiger partial charge in [0, 0.05) is 6.42 Å². The number of aliphatic hydroxyl groups excluding tert-OH is 8. The number of hydrogen-bond donors (Lipinski definition) is 9. The van der Waals surface area contributed by atoms with Crippen molar-refractivity contribution in [1.82, 2.24) is 5.32 Å². The summed E-state index contributed by atoms with van der Waals surface area (Å²) in [6, 6.07) is -0.927. The molecule has 80 heavy (non-hydrogen) atoms. The average molecular weight is 1140 g/mol. The van der Waals surface area contributed by atoms with E-state index in [1.165, 1.54) is 231 Å². The summed E-state index contributed by atoms with van der Waals surface area (Å²) in [7, 11) is 0. The van der Waals surface area contributed by atoms with Gasteiger partial charge < -0.3 is 65.1 Å². The van der Waals surface area contributed by atoms with E-state index in [0.29, 0.717) is 12.8 Å². The molecule has 9 N–H and O–H groups in total. The number of rotatable bonds is 55. The molecule has 0 aromatic rings. The van der Waals surface area contributed by atoms with Crippen molar-refractivity contribution < 1.29 is 64.6 Å². The number of carbonyl (C=O) groups excluding carboxylic acids is 1. The molecule has 2 rings (SSSR count). The van der Waals surface area contributed by atoms with Gasteiger partial charge >= 0.3 is 0 Å². The predicted molar refractivity (Wildman–Crippen MR) is 323 cm³/mol. The predicted octanol–water partition coefficient (Wildman–Crippen LogP) is 12.8. The number of carbonyl (C=O) groups is 1. The Kier molecular flexibility index (Phi) is 48.3. The van der Waals surface area contributed by atoms with Crippen LogP contribution in [0.25, 0.3) is 0 Å². The summed E-state index contributed by atoms with van der Waals surface area (Å²) in [5, 5.41) is 87.0. The maximum Gasteiger partial charge on any atom is 0.220 e. The van der Waals surface area contributed by atoms with Crippen LogP contribution in [0.3, 0.4) is 0 Å². The molecule has 2 heterocycles. The lowest BCUT2D eigenvalue weighted by Gasteiger charge is -2.46. The molecule has 0 saturated carbocycles. The van der Waals surface area contributed by atoms with Gasteiger partial charge in [-0.05, 0) is 32.1 Å². The fourth-order valence-electron chi connectivity index (χ4n) is 11.3. The Morgan fingerprint density at radius 2 is 0.800 bits per heavy atom. The highest BCUT2D eigenvalue weighted by atomic mass is 16.7. The second kappa shape index (κ2) is 51.9. The third kappa shape index (κ3) is 36.3. The minimum atomic E-state index is -1.79. The molecule has 2 saturated heterocycles. The quantitative estimate of drug-likeness (QED) is 0.0204. The molecule has 12 unspecified atom stereocenters. The molecule has 0 bridgehead atoms. The summed E-state index contributed by atoms with van der Waals surface area (Å²) in [4.78, 5) is 13.2. The smallest absolute Gasteiger partial charge is 0.220 e. The highest BCUT2D eigenvalue weighted by Crippen LogP contribution is 2.30. The number of allylic oxidation sites excluding steroid dienone is 3. The minimum Gasteiger partial charge on any atom is -0.394 e. The maximum atomic E-state index is 13.2. The molecule has 0 spiro atoms. The van der Waals surface area contributed by atoms with Crippen molar-refractivity contribution in [2.45, 2.75) is 370 Å². The Balaban J connectivity index is 1.57. The summed E-state index contributed by atoms with van der Waals surface area (Å²) in [5.74, 6) is -0.245. The minimum absolute atomic E-state index is 0.245. The van der Waals surface area contributed by atoms with Gasteiger partial charge in [0.15, 0.2) is 12.6 Å². The Bertz CT molecular complexity index is 1440. The number of hydrogen-bond acceptors (Lipinski definition) is 13. The lowest BCUT2D eigenvalue weighted by molar-refractivity contribution is -0.359. The van der Waals surface area contributed by atoms with E-state index in [1.807, 2.05) is 6.08 Å². The Labute approximate surface area is 488 Å². The molecule has 2 aliphatic heterocycles. The van der Waals surface area contributed by atoms with Crippen LogP contribution in [0.4, 0.5) is 0 Å². The van der Waals surface area contributed by atoms with E-state index in [9.17, 15) is 45.6 Å². The third-order valence-electron chi connectivity index (χ3n) is 16.6. The first-order valence-electron chi connectivity index (χ1n) is 33.6. The van der Waals surface area contributed by atoms with Gasteiger partial charge in [0.05, 0.1) is 32.0 Å². The summed E-state index contributed by atoms with van der Waals surface area (Å²) < 4.78 is 22.7. The van der Waals surface area contributed by atoms with E-state index in [0.717, 1.165) is 32.1 Å². The fraction of sp³-hybridized carbons (Fsp3) is 0.924. The van der Waals surface area contributed by atoms with Crippen molar-refractivity contribution in [3.63, 3.8) is 0 Å². The molecule has 1 amide bonds. The van der Waals surface area contributed by atoms with Crippen LogP contribution in [0.2, 0.25) is 0 Å². The topological polar surface area (TPSA) is 228 Å². The van der Waals surface area contributed by atoms with Crippen molar-refractivity contribution in [3.05, 3.63) is 24.3 Å². The number of nitrogens with one attached hydrogen (secondary N) is 1. The molecule has 0 radical (unpaired) electrons. The Hall–Kier alpha value is -1.53. The maximum absolute atomic E-state index is 13.2. The summed E-state index contributed by atoms with van der Waals surface area (Å²) in [6.45, 7) is 2.78. The van der Waals surface area contributed by atoms with Crippen molar-refractivity contribution >= 4 is 5.91 Å². The highest BCUT2D eigenvalue weighted by Gasteiger charge is 2.51. The molecule has 2 fully saturated rings. The van der Waals surface area contributed by atoms with Gasteiger partial charge in [0.25, 0.3) is 0 Å². The Morgan fingerprint density at radius 3 is 1.23 bits per heavy atom. The monoisotopic (exact) mass is 1140 g/mol. The highest BCUT2D eigenvalue weighted by molar-refractivity contribution is 5.76. The molecular formula is C66H125NO13. The number of aliphatic hydroxyl groups is 8. The zero-order valence-electron chi connectivity index (χ0n) is 51.1. The van der Waals surface area contributed by atoms with E-state index in [4.69, 9.17) is 18.9 Å². The molecule has 472 valence electrons. The zero-order chi connectivity index (χ0) is 58.1. The van der Waals surface area contributed by atoms with Crippen LogP contribution in [0.1, 0.15) is 296 Å². The van der Waals surface area contributed by atoms with Crippen LogP contribution in [0.5, 0.6) is 0 Å². The molecule has 2 aliphatic rings. The Morgan fingerprint density at radius 1 is 0.438 bits per heavy atom. The number of amides is 1. The lowest BCUT2D eigenvalue weighted by atomic mass is 9.97. The fourth-order valence-corrected chi connectivity index (χ4v) is 11.3. The van der Waals surface area contributed by atoms with Gasteiger partial charge in [0.2, 0.25) is 5.91 Å². The molecule has 0 aliphatic carbocycles. The van der Waals surface area contributed by atoms with Gasteiger partial charge in [-0.3, -0.25) is 4.79 Å². The van der Waals surface area contributed by atoms with Gasteiger partial charge in [-0.25, -0.2) is 0 Å². The molecular weight excluding hydrogens is 1010 g/mol. The van der Waals surface area contributed by atoms with Gasteiger partial charge in [-0.2, -0.15) is 0 Å². The van der Waals surface area contributed by atoms with Crippen molar-refractivity contribution in [1.29, 1.82) is 0 Å².